The average Bonchev–Trinajstić information content (AvgIpc) is 3.17. The minimum absolute atomic E-state index is 0.0148. The molecule has 2 aromatic heterocycles. The molecule has 8 nitrogen and oxygen atoms in total. The van der Waals surface area contributed by atoms with E-state index in [0.29, 0.717) is 22.5 Å². The highest BCUT2D eigenvalue weighted by molar-refractivity contribution is 7.99. The van der Waals surface area contributed by atoms with Crippen molar-refractivity contribution in [2.45, 2.75) is 18.5 Å². The molecule has 0 spiro atoms. The summed E-state index contributed by atoms with van der Waals surface area (Å²) in [6.45, 7) is 2.03. The van der Waals surface area contributed by atoms with Crippen LogP contribution >= 0.6 is 23.1 Å². The van der Waals surface area contributed by atoms with Crippen molar-refractivity contribution in [1.82, 2.24) is 20.1 Å². The number of nitrogens with one attached hydrogen (secondary N) is 1. The Morgan fingerprint density at radius 1 is 1.38 bits per heavy atom. The van der Waals surface area contributed by atoms with Crippen LogP contribution in [0.25, 0.3) is 0 Å². The van der Waals surface area contributed by atoms with E-state index in [2.05, 4.69) is 15.5 Å². The fourth-order valence-corrected chi connectivity index (χ4v) is 3.08. The van der Waals surface area contributed by atoms with Gasteiger partial charge in [-0.05, 0) is 18.4 Å². The molecule has 0 radical (unpaired) electrons. The van der Waals surface area contributed by atoms with Crippen molar-refractivity contribution in [2.24, 2.45) is 7.05 Å². The summed E-state index contributed by atoms with van der Waals surface area (Å²) in [4.78, 5) is 35.5. The highest BCUT2D eigenvalue weighted by Crippen LogP contribution is 2.16. The lowest BCUT2D eigenvalue weighted by Gasteiger charge is -2.04. The number of carbonyl (C=O) groups is 3. The molecule has 2 amide bonds. The molecule has 0 aliphatic rings. The summed E-state index contributed by atoms with van der Waals surface area (Å²) in [7, 11) is 1.70. The van der Waals surface area contributed by atoms with E-state index in [1.165, 1.54) is 11.3 Å². The predicted molar refractivity (Wildman–Crippen MR) is 88.9 cm³/mol. The average molecular weight is 368 g/mol. The normalized spacial score (nSPS) is 10.4. The van der Waals surface area contributed by atoms with Crippen LogP contribution in [-0.2, 0) is 27.8 Å². The second kappa shape index (κ2) is 8.60. The van der Waals surface area contributed by atoms with Crippen LogP contribution in [0, 0.1) is 0 Å². The molecular weight excluding hydrogens is 352 g/mol. The van der Waals surface area contributed by atoms with Crippen molar-refractivity contribution in [2.75, 3.05) is 12.4 Å². The van der Waals surface area contributed by atoms with E-state index in [9.17, 15) is 14.4 Å². The smallest absolute Gasteiger partial charge is 0.313 e. The predicted octanol–water partition coefficient (Wildman–Crippen LogP) is 1.03. The monoisotopic (exact) mass is 368 g/mol. The molecule has 0 unspecified atom stereocenters. The zero-order chi connectivity index (χ0) is 17.5. The van der Waals surface area contributed by atoms with Crippen molar-refractivity contribution in [1.29, 1.82) is 0 Å². The molecule has 0 aliphatic carbocycles. The quantitative estimate of drug-likeness (QED) is 0.575. The molecule has 2 heterocycles. The Bertz CT molecular complexity index is 727. The summed E-state index contributed by atoms with van der Waals surface area (Å²) >= 11 is 2.39. The van der Waals surface area contributed by atoms with Crippen LogP contribution in [0.3, 0.4) is 0 Å². The molecule has 0 fully saturated rings. The molecule has 24 heavy (non-hydrogen) atoms. The third-order valence-electron chi connectivity index (χ3n) is 2.86. The molecule has 128 valence electrons. The van der Waals surface area contributed by atoms with Crippen molar-refractivity contribution in [3.8, 4) is 0 Å². The lowest BCUT2D eigenvalue weighted by molar-refractivity contribution is -0.142. The Kier molecular flexibility index (Phi) is 6.50. The van der Waals surface area contributed by atoms with E-state index >= 15 is 0 Å². The summed E-state index contributed by atoms with van der Waals surface area (Å²) in [5.41, 5.74) is 0. The number of amides is 2. The topological polar surface area (TPSA) is 103 Å². The van der Waals surface area contributed by atoms with Gasteiger partial charge in [0.2, 0.25) is 5.91 Å². The maximum absolute atomic E-state index is 11.8. The number of thiophene rings is 1. The van der Waals surface area contributed by atoms with Crippen molar-refractivity contribution >= 4 is 40.9 Å². The molecular formula is C14H16N4O4S2. The van der Waals surface area contributed by atoms with Crippen molar-refractivity contribution in [3.63, 3.8) is 0 Å². The number of esters is 1. The Labute approximate surface area is 146 Å². The molecule has 0 saturated heterocycles. The third kappa shape index (κ3) is 4.90. The van der Waals surface area contributed by atoms with Gasteiger partial charge in [-0.1, -0.05) is 17.8 Å². The maximum atomic E-state index is 11.8. The van der Waals surface area contributed by atoms with Gasteiger partial charge in [0.15, 0.2) is 5.16 Å². The second-order valence-electron chi connectivity index (χ2n) is 4.58. The summed E-state index contributed by atoms with van der Waals surface area (Å²) in [5.74, 6) is -0.762. The first-order chi connectivity index (χ1) is 11.5. The van der Waals surface area contributed by atoms with Crippen molar-refractivity contribution in [3.05, 3.63) is 28.2 Å². The number of nitrogens with zero attached hydrogens (tertiary/aromatic N) is 3. The van der Waals surface area contributed by atoms with Crippen LogP contribution in [-0.4, -0.2) is 44.9 Å². The Morgan fingerprint density at radius 2 is 2.17 bits per heavy atom. The summed E-state index contributed by atoms with van der Waals surface area (Å²) in [5, 5.41) is 12.4. The van der Waals surface area contributed by atoms with Gasteiger partial charge in [-0.25, -0.2) is 0 Å². The third-order valence-corrected chi connectivity index (χ3v) is 4.75. The van der Waals surface area contributed by atoms with E-state index in [0.717, 1.165) is 11.8 Å². The molecule has 0 saturated carbocycles. The minimum Gasteiger partial charge on any atom is -0.466 e. The molecule has 0 aliphatic heterocycles. The summed E-state index contributed by atoms with van der Waals surface area (Å²) in [6, 6.07) is 3.38. The van der Waals surface area contributed by atoms with Crippen LogP contribution in [0.2, 0.25) is 0 Å². The molecule has 10 heteroatoms. The molecule has 2 aromatic rings. The Morgan fingerprint density at radius 3 is 2.83 bits per heavy atom. The van der Waals surface area contributed by atoms with Gasteiger partial charge in [0.1, 0.15) is 12.2 Å². The van der Waals surface area contributed by atoms with E-state index < -0.39 is 11.8 Å². The van der Waals surface area contributed by atoms with Crippen LogP contribution in [0.1, 0.15) is 22.4 Å². The number of rotatable bonds is 7. The van der Waals surface area contributed by atoms with Crippen molar-refractivity contribution < 1.29 is 19.1 Å². The second-order valence-corrected chi connectivity index (χ2v) is 6.47. The summed E-state index contributed by atoms with van der Waals surface area (Å²) < 4.78 is 6.48. The van der Waals surface area contributed by atoms with E-state index in [4.69, 9.17) is 4.74 Å². The number of thioether (sulfide) groups is 1. The Hall–Kier alpha value is -2.20. The number of hydrogen-bond acceptors (Lipinski definition) is 8. The first-order valence-corrected chi connectivity index (χ1v) is 8.92. The number of imide groups is 1. The highest BCUT2D eigenvalue weighted by atomic mass is 32.2. The van der Waals surface area contributed by atoms with Gasteiger partial charge < -0.3 is 9.30 Å². The van der Waals surface area contributed by atoms with Gasteiger partial charge in [0, 0.05) is 7.05 Å². The molecule has 1 N–H and O–H groups in total. The van der Waals surface area contributed by atoms with Gasteiger partial charge in [0.25, 0.3) is 5.91 Å². The van der Waals surface area contributed by atoms with E-state index in [1.54, 1.807) is 36.1 Å². The van der Waals surface area contributed by atoms with Gasteiger partial charge >= 0.3 is 5.97 Å². The van der Waals surface area contributed by atoms with Gasteiger partial charge in [-0.3, -0.25) is 19.7 Å². The van der Waals surface area contributed by atoms with Crippen LogP contribution in [0.15, 0.2) is 22.7 Å². The Balaban J connectivity index is 1.85. The van der Waals surface area contributed by atoms with Gasteiger partial charge in [-0.2, -0.15) is 0 Å². The fourth-order valence-electron chi connectivity index (χ4n) is 1.73. The number of hydrogen-bond donors (Lipinski definition) is 1. The van der Waals surface area contributed by atoms with Crippen LogP contribution in [0.4, 0.5) is 0 Å². The number of ether oxygens (including phenoxy) is 1. The first-order valence-electron chi connectivity index (χ1n) is 7.05. The zero-order valence-corrected chi connectivity index (χ0v) is 14.8. The first kappa shape index (κ1) is 18.1. The SMILES string of the molecule is CCOC(=O)Cc1nnc(SCC(=O)NC(=O)c2cccs2)n1C. The largest absolute Gasteiger partial charge is 0.466 e. The van der Waals surface area contributed by atoms with Gasteiger partial charge in [0.05, 0.1) is 17.2 Å². The lowest BCUT2D eigenvalue weighted by Crippen LogP contribution is -2.31. The molecule has 0 atom stereocenters. The highest BCUT2D eigenvalue weighted by Gasteiger charge is 2.16. The molecule has 0 aromatic carbocycles. The standard InChI is InChI=1S/C14H16N4O4S2/c1-3-22-12(20)7-10-16-17-14(18(10)2)24-8-11(19)15-13(21)9-5-4-6-23-9/h4-6H,3,7-8H2,1-2H3,(H,15,19,21). The number of carbonyl (C=O) groups excluding carboxylic acids is 3. The number of aromatic nitrogens is 3. The molecule has 0 bridgehead atoms. The van der Waals surface area contributed by atoms with Crippen LogP contribution < -0.4 is 5.32 Å². The maximum Gasteiger partial charge on any atom is 0.313 e. The van der Waals surface area contributed by atoms with E-state index in [-0.39, 0.29) is 18.1 Å². The fraction of sp³-hybridized carbons (Fsp3) is 0.357. The lowest BCUT2D eigenvalue weighted by atomic mass is 10.4. The van der Waals surface area contributed by atoms with E-state index in [1.807, 2.05) is 0 Å². The zero-order valence-electron chi connectivity index (χ0n) is 13.1. The van der Waals surface area contributed by atoms with Gasteiger partial charge in [-0.15, -0.1) is 21.5 Å². The van der Waals surface area contributed by atoms with Crippen LogP contribution in [0.5, 0.6) is 0 Å². The molecule has 2 rings (SSSR count). The summed E-state index contributed by atoms with van der Waals surface area (Å²) in [6.07, 6.45) is 0.0148. The minimum atomic E-state index is -0.423.